The lowest BCUT2D eigenvalue weighted by atomic mass is 10.3. The summed E-state index contributed by atoms with van der Waals surface area (Å²) in [4.78, 5) is 2.38. The summed E-state index contributed by atoms with van der Waals surface area (Å²) in [5, 5.41) is 0. The number of quaternary nitrogens is 2. The maximum Gasteiger partial charge on any atom is 0.209 e. The number of hydrogen-bond acceptors (Lipinski definition) is 3. The van der Waals surface area contributed by atoms with Crippen LogP contribution in [0.5, 0.6) is 0 Å². The zero-order chi connectivity index (χ0) is 11.5. The largest absolute Gasteiger partial charge is 0.326 e. The third-order valence-corrected chi connectivity index (χ3v) is 3.19. The molecule has 15 heavy (non-hydrogen) atoms. The Morgan fingerprint density at radius 1 is 1.00 bits per heavy atom. The van der Waals surface area contributed by atoms with E-state index < -0.39 is 0 Å². The van der Waals surface area contributed by atoms with Gasteiger partial charge in [0.1, 0.15) is 13.3 Å². The summed E-state index contributed by atoms with van der Waals surface area (Å²) in [6.07, 6.45) is 0. The molecule has 1 aliphatic heterocycles. The van der Waals surface area contributed by atoms with Gasteiger partial charge in [0.2, 0.25) is 6.67 Å². The van der Waals surface area contributed by atoms with Gasteiger partial charge in [-0.3, -0.25) is 8.97 Å². The molecule has 1 heterocycles. The molecule has 0 saturated carbocycles. The molecule has 0 amide bonds. The molecule has 4 N–H and O–H groups in total. The smallest absolute Gasteiger partial charge is 0.209 e. The van der Waals surface area contributed by atoms with Crippen LogP contribution in [0.25, 0.3) is 0 Å². The lowest BCUT2D eigenvalue weighted by Gasteiger charge is -2.50. The van der Waals surface area contributed by atoms with Crippen molar-refractivity contribution in [2.45, 2.75) is 0 Å². The van der Waals surface area contributed by atoms with Crippen molar-refractivity contribution in [2.75, 3.05) is 67.3 Å². The molecule has 1 rings (SSSR count). The van der Waals surface area contributed by atoms with Gasteiger partial charge in [-0.15, -0.1) is 0 Å². The van der Waals surface area contributed by atoms with Crippen LogP contribution < -0.4 is 11.5 Å². The van der Waals surface area contributed by atoms with Gasteiger partial charge in [-0.2, -0.15) is 0 Å². The third-order valence-electron chi connectivity index (χ3n) is 3.19. The predicted molar refractivity (Wildman–Crippen MR) is 62.6 cm³/mol. The zero-order valence-electron chi connectivity index (χ0n) is 10.4. The van der Waals surface area contributed by atoms with Crippen LogP contribution in [0.2, 0.25) is 0 Å². The molecule has 90 valence electrons. The number of nitrogens with two attached hydrogens (primary N) is 2. The van der Waals surface area contributed by atoms with E-state index in [9.17, 15) is 0 Å². The molecule has 0 aromatic carbocycles. The Bertz CT molecular complexity index is 190. The van der Waals surface area contributed by atoms with Crippen LogP contribution >= 0.6 is 0 Å². The van der Waals surface area contributed by atoms with Gasteiger partial charge in [0.15, 0.2) is 0 Å². The van der Waals surface area contributed by atoms with Crippen LogP contribution in [0.3, 0.4) is 0 Å². The molecule has 2 atom stereocenters. The number of nitrogens with zero attached hydrogens (tertiary/aromatic N) is 3. The van der Waals surface area contributed by atoms with Crippen LogP contribution in [-0.4, -0.2) is 81.2 Å². The molecule has 2 unspecified atom stereocenters. The average Bonchev–Trinajstić information content (AvgIpc) is 1.99. The van der Waals surface area contributed by atoms with Crippen LogP contribution in [0.15, 0.2) is 0 Å². The fourth-order valence-electron chi connectivity index (χ4n) is 3.03. The Balaban J connectivity index is 2.70. The van der Waals surface area contributed by atoms with Gasteiger partial charge in [-0.25, -0.2) is 4.90 Å². The molecular formula is C10H27N5+2. The standard InChI is InChI=1S/C10H27N5/c1-13-8-14(2,6-4-11)10-15(3,9-13)7-5-12/h4-12H2,1-3H3/q+2. The second-order valence-corrected chi connectivity index (χ2v) is 5.54. The highest BCUT2D eigenvalue weighted by Crippen LogP contribution is 2.18. The van der Waals surface area contributed by atoms with Crippen LogP contribution in [0.1, 0.15) is 0 Å². The summed E-state index contributed by atoms with van der Waals surface area (Å²) < 4.78 is 2.06. The molecule has 1 saturated heterocycles. The van der Waals surface area contributed by atoms with Gasteiger partial charge in [-0.1, -0.05) is 0 Å². The van der Waals surface area contributed by atoms with Crippen molar-refractivity contribution in [3.63, 3.8) is 0 Å². The number of rotatable bonds is 4. The fraction of sp³-hybridized carbons (Fsp3) is 1.00. The van der Waals surface area contributed by atoms with E-state index in [0.29, 0.717) is 0 Å². The average molecular weight is 217 g/mol. The molecule has 1 aliphatic rings. The Kier molecular flexibility index (Phi) is 4.08. The monoisotopic (exact) mass is 217 g/mol. The van der Waals surface area contributed by atoms with Crippen molar-refractivity contribution >= 4 is 0 Å². The fourth-order valence-corrected chi connectivity index (χ4v) is 3.03. The SMILES string of the molecule is CN1C[N+](C)(CCN)C[N+](C)(CCN)C1. The van der Waals surface area contributed by atoms with Crippen LogP contribution in [-0.2, 0) is 0 Å². The quantitative estimate of drug-likeness (QED) is 0.570. The lowest BCUT2D eigenvalue weighted by Crippen LogP contribution is -2.71. The van der Waals surface area contributed by atoms with Gasteiger partial charge in [0.25, 0.3) is 0 Å². The van der Waals surface area contributed by atoms with Gasteiger partial charge in [-0.05, 0) is 7.05 Å². The van der Waals surface area contributed by atoms with Crippen LogP contribution in [0, 0.1) is 0 Å². The molecule has 1 fully saturated rings. The molecule has 5 heteroatoms. The van der Waals surface area contributed by atoms with Crippen molar-refractivity contribution < 1.29 is 8.97 Å². The first-order chi connectivity index (χ1) is 6.93. The van der Waals surface area contributed by atoms with Crippen LogP contribution in [0.4, 0.5) is 0 Å². The highest BCUT2D eigenvalue weighted by molar-refractivity contribution is 4.48. The van der Waals surface area contributed by atoms with Crippen molar-refractivity contribution in [1.29, 1.82) is 0 Å². The maximum atomic E-state index is 5.69. The van der Waals surface area contributed by atoms with E-state index in [1.165, 1.54) is 0 Å². The van der Waals surface area contributed by atoms with E-state index in [4.69, 9.17) is 11.5 Å². The summed E-state index contributed by atoms with van der Waals surface area (Å²) in [6.45, 7) is 6.93. The number of hydrogen-bond donors (Lipinski definition) is 2. The minimum atomic E-state index is 0.757. The van der Waals surface area contributed by atoms with E-state index in [-0.39, 0.29) is 0 Å². The first-order valence-electron chi connectivity index (χ1n) is 5.69. The summed E-state index contributed by atoms with van der Waals surface area (Å²) in [5.74, 6) is 0. The minimum Gasteiger partial charge on any atom is -0.326 e. The van der Waals surface area contributed by atoms with Crippen molar-refractivity contribution in [1.82, 2.24) is 4.90 Å². The molecule has 0 spiro atoms. The minimum absolute atomic E-state index is 0.757. The Morgan fingerprint density at radius 3 is 1.73 bits per heavy atom. The molecule has 0 aliphatic carbocycles. The first-order valence-corrected chi connectivity index (χ1v) is 5.69. The zero-order valence-corrected chi connectivity index (χ0v) is 10.4. The molecule has 0 aromatic heterocycles. The first kappa shape index (κ1) is 12.9. The summed E-state index contributed by atoms with van der Waals surface area (Å²) in [6, 6.07) is 0. The second kappa shape index (κ2) is 4.76. The Labute approximate surface area is 93.4 Å². The van der Waals surface area contributed by atoms with E-state index in [2.05, 4.69) is 26.0 Å². The number of likely N-dealkylation sites (N-methyl/N-ethyl adjacent to an activating group) is 2. The lowest BCUT2D eigenvalue weighted by molar-refractivity contribution is -1.11. The van der Waals surface area contributed by atoms with E-state index in [1.807, 2.05) is 0 Å². The van der Waals surface area contributed by atoms with Crippen molar-refractivity contribution in [3.8, 4) is 0 Å². The highest BCUT2D eigenvalue weighted by atomic mass is 15.6. The van der Waals surface area contributed by atoms with E-state index in [0.717, 1.165) is 55.2 Å². The molecule has 0 bridgehead atoms. The van der Waals surface area contributed by atoms with Gasteiger partial charge >= 0.3 is 0 Å². The summed E-state index contributed by atoms with van der Waals surface area (Å²) >= 11 is 0. The molecule has 0 aromatic rings. The van der Waals surface area contributed by atoms with Crippen molar-refractivity contribution in [3.05, 3.63) is 0 Å². The maximum absolute atomic E-state index is 5.69. The highest BCUT2D eigenvalue weighted by Gasteiger charge is 2.40. The van der Waals surface area contributed by atoms with Crippen molar-refractivity contribution in [2.24, 2.45) is 11.5 Å². The summed E-state index contributed by atoms with van der Waals surface area (Å²) in [7, 11) is 6.75. The Hall–Kier alpha value is -0.200. The molecule has 0 radical (unpaired) electrons. The summed E-state index contributed by atoms with van der Waals surface area (Å²) in [5.41, 5.74) is 11.4. The molecular weight excluding hydrogens is 190 g/mol. The van der Waals surface area contributed by atoms with E-state index >= 15 is 0 Å². The van der Waals surface area contributed by atoms with Gasteiger partial charge in [0, 0.05) is 13.1 Å². The second-order valence-electron chi connectivity index (χ2n) is 5.54. The predicted octanol–water partition coefficient (Wildman–Crippen LogP) is -1.39. The third kappa shape index (κ3) is 3.39. The normalized spacial score (nSPS) is 38.2. The topological polar surface area (TPSA) is 55.3 Å². The molecule has 5 nitrogen and oxygen atoms in total. The van der Waals surface area contributed by atoms with E-state index in [1.54, 1.807) is 0 Å². The Morgan fingerprint density at radius 2 is 1.40 bits per heavy atom. The van der Waals surface area contributed by atoms with Gasteiger partial charge < -0.3 is 11.5 Å². The van der Waals surface area contributed by atoms with Gasteiger partial charge in [0.05, 0.1) is 27.2 Å².